The molecule has 0 aromatic carbocycles. The number of urea groups is 1. The minimum absolute atomic E-state index is 0.0189. The second-order valence-corrected chi connectivity index (χ2v) is 7.13. The monoisotopic (exact) mass is 316 g/mol. The topological polar surface area (TPSA) is 78.4 Å². The number of carbonyl (C=O) groups is 2. The fourth-order valence-corrected chi connectivity index (χ4v) is 3.82. The van der Waals surface area contributed by atoms with E-state index in [-0.39, 0.29) is 23.2 Å². The molecule has 0 heterocycles. The molecule has 0 bridgehead atoms. The maximum Gasteiger partial charge on any atom is 0.315 e. The first kappa shape index (κ1) is 18.1. The van der Waals surface area contributed by atoms with Gasteiger partial charge in [-0.05, 0) is 25.5 Å². The number of rotatable bonds is 8. The van der Waals surface area contributed by atoms with Gasteiger partial charge in [-0.2, -0.15) is 11.8 Å². The van der Waals surface area contributed by atoms with Crippen LogP contribution in [0, 0.1) is 0 Å². The van der Waals surface area contributed by atoms with E-state index in [0.717, 1.165) is 19.3 Å². The van der Waals surface area contributed by atoms with Crippen LogP contribution in [0.5, 0.6) is 0 Å². The van der Waals surface area contributed by atoms with Gasteiger partial charge in [-0.1, -0.05) is 32.6 Å². The highest BCUT2D eigenvalue weighted by atomic mass is 32.2. The summed E-state index contributed by atoms with van der Waals surface area (Å²) < 4.78 is 0.155. The summed E-state index contributed by atoms with van der Waals surface area (Å²) in [4.78, 5) is 22.8. The summed E-state index contributed by atoms with van der Waals surface area (Å²) in [5.41, 5.74) is 0. The van der Waals surface area contributed by atoms with E-state index < -0.39 is 5.97 Å². The van der Waals surface area contributed by atoms with Crippen molar-refractivity contribution in [3.8, 4) is 0 Å². The number of carboxylic acids is 1. The van der Waals surface area contributed by atoms with Crippen molar-refractivity contribution < 1.29 is 14.7 Å². The van der Waals surface area contributed by atoms with Crippen molar-refractivity contribution in [3.05, 3.63) is 0 Å². The zero-order valence-corrected chi connectivity index (χ0v) is 13.9. The van der Waals surface area contributed by atoms with Gasteiger partial charge in [0.2, 0.25) is 0 Å². The summed E-state index contributed by atoms with van der Waals surface area (Å²) in [5, 5.41) is 14.6. The molecule has 3 N–H and O–H groups in total. The van der Waals surface area contributed by atoms with Crippen molar-refractivity contribution in [2.75, 3.05) is 12.8 Å². The number of aliphatic carboxylic acids is 1. The molecule has 0 spiro atoms. The normalized spacial score (nSPS) is 18.8. The molecular formula is C15H28N2O3S. The van der Waals surface area contributed by atoms with Crippen LogP contribution in [0.2, 0.25) is 0 Å². The van der Waals surface area contributed by atoms with Crippen molar-refractivity contribution in [2.45, 2.75) is 69.1 Å². The zero-order valence-electron chi connectivity index (χ0n) is 13.1. The number of carboxylic acid groups (broad SMARTS) is 1. The van der Waals surface area contributed by atoms with Gasteiger partial charge < -0.3 is 15.7 Å². The lowest BCUT2D eigenvalue weighted by molar-refractivity contribution is -0.137. The molecule has 1 aliphatic rings. The van der Waals surface area contributed by atoms with E-state index in [2.05, 4.69) is 16.9 Å². The van der Waals surface area contributed by atoms with Crippen molar-refractivity contribution >= 4 is 23.8 Å². The highest BCUT2D eigenvalue weighted by Crippen LogP contribution is 2.37. The Bertz CT molecular complexity index is 344. The molecule has 1 unspecified atom stereocenters. The lowest BCUT2D eigenvalue weighted by Crippen LogP contribution is -2.48. The first-order valence-corrected chi connectivity index (χ1v) is 9.05. The van der Waals surface area contributed by atoms with Gasteiger partial charge >= 0.3 is 12.0 Å². The fourth-order valence-electron chi connectivity index (χ4n) is 2.91. The Morgan fingerprint density at radius 3 is 2.48 bits per heavy atom. The molecule has 122 valence electrons. The number of carbonyl (C=O) groups excluding carboxylic acids is 1. The molecule has 0 saturated heterocycles. The standard InChI is InChI=1S/C15H28N2O3S/c1-3-7-12(10-13(18)19)17-14(20)16-11-15(21-2)8-5-4-6-9-15/h12H,3-11H2,1-2H3,(H,18,19)(H2,16,17,20). The Kier molecular flexibility index (Phi) is 7.93. The molecule has 0 aromatic rings. The third-order valence-corrected chi connectivity index (χ3v) is 5.58. The van der Waals surface area contributed by atoms with E-state index in [1.807, 2.05) is 18.7 Å². The Morgan fingerprint density at radius 1 is 1.29 bits per heavy atom. The third kappa shape index (κ3) is 6.59. The van der Waals surface area contributed by atoms with Gasteiger partial charge in [0.25, 0.3) is 0 Å². The van der Waals surface area contributed by atoms with E-state index >= 15 is 0 Å². The van der Waals surface area contributed by atoms with Crippen LogP contribution in [0.25, 0.3) is 0 Å². The van der Waals surface area contributed by atoms with Crippen LogP contribution >= 0.6 is 11.8 Å². The van der Waals surface area contributed by atoms with Crippen LogP contribution < -0.4 is 10.6 Å². The molecule has 1 rings (SSSR count). The highest BCUT2D eigenvalue weighted by Gasteiger charge is 2.31. The molecule has 0 aliphatic heterocycles. The summed E-state index contributed by atoms with van der Waals surface area (Å²) in [6, 6.07) is -0.530. The van der Waals surface area contributed by atoms with Gasteiger partial charge in [-0.3, -0.25) is 4.79 Å². The summed E-state index contributed by atoms with van der Waals surface area (Å²) in [6.45, 7) is 2.64. The van der Waals surface area contributed by atoms with Crippen LogP contribution in [0.1, 0.15) is 58.3 Å². The molecule has 1 fully saturated rings. The fraction of sp³-hybridized carbons (Fsp3) is 0.867. The Labute approximate surface area is 131 Å². The molecule has 1 saturated carbocycles. The average molecular weight is 316 g/mol. The lowest BCUT2D eigenvalue weighted by Gasteiger charge is -2.36. The van der Waals surface area contributed by atoms with Gasteiger partial charge in [0.05, 0.1) is 6.42 Å². The minimum Gasteiger partial charge on any atom is -0.481 e. The smallest absolute Gasteiger partial charge is 0.315 e. The molecular weight excluding hydrogens is 288 g/mol. The maximum atomic E-state index is 12.0. The first-order valence-electron chi connectivity index (χ1n) is 7.82. The Balaban J connectivity index is 2.42. The Morgan fingerprint density at radius 2 is 1.95 bits per heavy atom. The number of thioether (sulfide) groups is 1. The van der Waals surface area contributed by atoms with Gasteiger partial charge in [0.1, 0.15) is 0 Å². The predicted octanol–water partition coefficient (Wildman–Crippen LogP) is 2.99. The van der Waals surface area contributed by atoms with Crippen molar-refractivity contribution in [1.82, 2.24) is 10.6 Å². The lowest BCUT2D eigenvalue weighted by atomic mass is 9.88. The van der Waals surface area contributed by atoms with Crippen molar-refractivity contribution in [3.63, 3.8) is 0 Å². The molecule has 21 heavy (non-hydrogen) atoms. The van der Waals surface area contributed by atoms with E-state index in [0.29, 0.717) is 13.0 Å². The second-order valence-electron chi connectivity index (χ2n) is 5.86. The van der Waals surface area contributed by atoms with E-state index in [4.69, 9.17) is 5.11 Å². The minimum atomic E-state index is -0.874. The van der Waals surface area contributed by atoms with Crippen LogP contribution in [0.3, 0.4) is 0 Å². The number of nitrogens with one attached hydrogen (secondary N) is 2. The first-order chi connectivity index (χ1) is 10.0. The molecule has 1 aliphatic carbocycles. The second kappa shape index (κ2) is 9.18. The number of amides is 2. The Hall–Kier alpha value is -0.910. The van der Waals surface area contributed by atoms with Gasteiger partial charge in [-0.15, -0.1) is 0 Å². The molecule has 0 radical (unpaired) electrons. The summed E-state index contributed by atoms with van der Waals surface area (Å²) in [7, 11) is 0. The SMILES string of the molecule is CCCC(CC(=O)O)NC(=O)NCC1(SC)CCCCC1. The molecule has 6 heteroatoms. The van der Waals surface area contributed by atoms with Gasteiger partial charge in [0.15, 0.2) is 0 Å². The molecule has 0 aromatic heterocycles. The molecule has 5 nitrogen and oxygen atoms in total. The molecule has 2 amide bonds. The largest absolute Gasteiger partial charge is 0.481 e. The zero-order chi connectivity index (χ0) is 15.7. The third-order valence-electron chi connectivity index (χ3n) is 4.16. The van der Waals surface area contributed by atoms with Crippen LogP contribution in [0.15, 0.2) is 0 Å². The predicted molar refractivity (Wildman–Crippen MR) is 86.8 cm³/mol. The maximum absolute atomic E-state index is 12.0. The van der Waals surface area contributed by atoms with E-state index in [1.54, 1.807) is 0 Å². The summed E-state index contributed by atoms with van der Waals surface area (Å²) in [6.07, 6.45) is 9.64. The van der Waals surface area contributed by atoms with E-state index in [1.165, 1.54) is 19.3 Å². The highest BCUT2D eigenvalue weighted by molar-refractivity contribution is 8.00. The van der Waals surface area contributed by atoms with Gasteiger partial charge in [0, 0.05) is 17.3 Å². The van der Waals surface area contributed by atoms with Crippen LogP contribution in [0.4, 0.5) is 4.79 Å². The summed E-state index contributed by atoms with van der Waals surface area (Å²) >= 11 is 1.84. The van der Waals surface area contributed by atoms with Crippen molar-refractivity contribution in [1.29, 1.82) is 0 Å². The summed E-state index contributed by atoms with van der Waals surface area (Å²) in [5.74, 6) is -0.874. The average Bonchev–Trinajstić information content (AvgIpc) is 2.46. The molecule has 1 atom stereocenters. The quantitative estimate of drug-likeness (QED) is 0.643. The van der Waals surface area contributed by atoms with Gasteiger partial charge in [-0.25, -0.2) is 4.79 Å². The van der Waals surface area contributed by atoms with Crippen LogP contribution in [-0.2, 0) is 4.79 Å². The van der Waals surface area contributed by atoms with Crippen molar-refractivity contribution in [2.24, 2.45) is 0 Å². The van der Waals surface area contributed by atoms with E-state index in [9.17, 15) is 9.59 Å². The number of hydrogen-bond acceptors (Lipinski definition) is 3. The number of hydrogen-bond donors (Lipinski definition) is 3. The van der Waals surface area contributed by atoms with Crippen LogP contribution in [-0.4, -0.2) is 40.7 Å².